The van der Waals surface area contributed by atoms with E-state index in [1.54, 1.807) is 19.1 Å². The van der Waals surface area contributed by atoms with Gasteiger partial charge in [-0.25, -0.2) is 0 Å². The van der Waals surface area contributed by atoms with Crippen LogP contribution in [0, 0.1) is 0 Å². The first-order chi connectivity index (χ1) is 22.4. The number of amides is 1. The van der Waals surface area contributed by atoms with E-state index in [0.717, 1.165) is 20.8 Å². The second-order valence-corrected chi connectivity index (χ2v) is 10.7. The fourth-order valence-electron chi connectivity index (χ4n) is 4.98. The van der Waals surface area contributed by atoms with E-state index in [1.807, 2.05) is 12.1 Å². The Kier molecular flexibility index (Phi) is 11.5. The van der Waals surface area contributed by atoms with Gasteiger partial charge in [-0.15, -0.1) is 0 Å². The standard InChI is InChI=1S/C32H37NO14/c1-16(26-14-41-22-9-7-8-10-23(22)45-26)33-31(38)21-11-12-24(25(13-21)39-6)46-32-30(44-20(5)37)29(43-19(4)36)28(42-18(3)35)27(47-32)15-40-17(2)34/h7-13,16,26-30,32H,14-15H2,1-6H3,(H,33,38)/t16-,26-,27+,28+,29-,30+,32-/m1/s1. The van der Waals surface area contributed by atoms with E-state index in [0.29, 0.717) is 11.5 Å². The van der Waals surface area contributed by atoms with Gasteiger partial charge in [0.05, 0.1) is 13.2 Å². The first-order valence-electron chi connectivity index (χ1n) is 14.7. The number of benzene rings is 2. The third-order valence-electron chi connectivity index (χ3n) is 7.06. The van der Waals surface area contributed by atoms with Gasteiger partial charge in [-0.2, -0.15) is 0 Å². The lowest BCUT2D eigenvalue weighted by Gasteiger charge is -2.44. The van der Waals surface area contributed by atoms with Crippen LogP contribution in [0.25, 0.3) is 0 Å². The monoisotopic (exact) mass is 659 g/mol. The van der Waals surface area contributed by atoms with Gasteiger partial charge < -0.3 is 47.9 Å². The molecule has 254 valence electrons. The summed E-state index contributed by atoms with van der Waals surface area (Å²) in [5.41, 5.74) is 0.222. The molecule has 2 aliphatic heterocycles. The van der Waals surface area contributed by atoms with Crippen molar-refractivity contribution in [2.24, 2.45) is 0 Å². The zero-order valence-corrected chi connectivity index (χ0v) is 26.7. The van der Waals surface area contributed by atoms with E-state index in [1.165, 1.54) is 32.2 Å². The average Bonchev–Trinajstić information content (AvgIpc) is 3.02. The molecule has 15 heteroatoms. The van der Waals surface area contributed by atoms with Crippen molar-refractivity contribution in [3.05, 3.63) is 48.0 Å². The molecule has 0 saturated carbocycles. The minimum absolute atomic E-state index is 0.0543. The molecule has 1 amide bonds. The van der Waals surface area contributed by atoms with Crippen LogP contribution in [-0.4, -0.2) is 93.0 Å². The van der Waals surface area contributed by atoms with Crippen molar-refractivity contribution in [2.45, 2.75) is 77.5 Å². The van der Waals surface area contributed by atoms with E-state index < -0.39 is 79.2 Å². The molecule has 2 aliphatic rings. The second-order valence-electron chi connectivity index (χ2n) is 10.7. The first-order valence-corrected chi connectivity index (χ1v) is 14.7. The van der Waals surface area contributed by atoms with Crippen molar-refractivity contribution in [3.63, 3.8) is 0 Å². The van der Waals surface area contributed by atoms with Gasteiger partial charge in [0.25, 0.3) is 5.91 Å². The van der Waals surface area contributed by atoms with Gasteiger partial charge >= 0.3 is 23.9 Å². The number of hydrogen-bond acceptors (Lipinski definition) is 14. The van der Waals surface area contributed by atoms with Crippen LogP contribution in [0.15, 0.2) is 42.5 Å². The van der Waals surface area contributed by atoms with Crippen LogP contribution in [-0.2, 0) is 42.9 Å². The molecule has 47 heavy (non-hydrogen) atoms. The smallest absolute Gasteiger partial charge is 0.303 e. The molecule has 0 radical (unpaired) electrons. The highest BCUT2D eigenvalue weighted by atomic mass is 16.7. The largest absolute Gasteiger partial charge is 0.493 e. The number of nitrogens with one attached hydrogen (secondary N) is 1. The molecule has 2 heterocycles. The quantitative estimate of drug-likeness (QED) is 0.274. The topological polar surface area (TPSA) is 180 Å². The number of fused-ring (bicyclic) bond motifs is 1. The van der Waals surface area contributed by atoms with Crippen LogP contribution in [0.1, 0.15) is 45.0 Å². The predicted molar refractivity (Wildman–Crippen MR) is 159 cm³/mol. The molecular weight excluding hydrogens is 622 g/mol. The molecule has 4 rings (SSSR count). The Balaban J connectivity index is 1.56. The van der Waals surface area contributed by atoms with Gasteiger partial charge in [0.1, 0.15) is 19.3 Å². The maximum absolute atomic E-state index is 13.2. The van der Waals surface area contributed by atoms with Crippen LogP contribution < -0.4 is 24.3 Å². The van der Waals surface area contributed by atoms with Gasteiger partial charge in [0.2, 0.25) is 12.4 Å². The van der Waals surface area contributed by atoms with Crippen LogP contribution in [0.3, 0.4) is 0 Å². The summed E-state index contributed by atoms with van der Waals surface area (Å²) in [6.07, 6.45) is -7.36. The Morgan fingerprint density at radius 1 is 0.830 bits per heavy atom. The SMILES string of the molecule is COc1cc(C(=O)N[C@H](C)[C@H]2COc3ccccc3O2)ccc1O[C@@H]1O[C@@H](COC(C)=O)[C@H](OC(C)=O)[C@@H](OC(C)=O)[C@@H]1OC(C)=O. The predicted octanol–water partition coefficient (Wildman–Crippen LogP) is 2.12. The van der Waals surface area contributed by atoms with E-state index in [-0.39, 0.29) is 23.7 Å². The zero-order valence-electron chi connectivity index (χ0n) is 26.7. The lowest BCUT2D eigenvalue weighted by atomic mass is 9.98. The minimum atomic E-state index is -1.49. The summed E-state index contributed by atoms with van der Waals surface area (Å²) in [7, 11) is 1.35. The molecule has 0 aliphatic carbocycles. The van der Waals surface area contributed by atoms with Gasteiger partial charge in [-0.1, -0.05) is 12.1 Å². The minimum Gasteiger partial charge on any atom is -0.493 e. The molecular formula is C32H37NO14. The normalized spacial score (nSPS) is 23.7. The van der Waals surface area contributed by atoms with Gasteiger partial charge in [0.15, 0.2) is 41.3 Å². The lowest BCUT2D eigenvalue weighted by Crippen LogP contribution is -2.63. The number of ether oxygens (including phenoxy) is 9. The number of carbonyl (C=O) groups excluding carboxylic acids is 5. The van der Waals surface area contributed by atoms with E-state index in [9.17, 15) is 24.0 Å². The highest BCUT2D eigenvalue weighted by Gasteiger charge is 2.53. The Morgan fingerprint density at radius 3 is 2.11 bits per heavy atom. The maximum Gasteiger partial charge on any atom is 0.303 e. The van der Waals surface area contributed by atoms with Crippen LogP contribution in [0.5, 0.6) is 23.0 Å². The molecule has 0 unspecified atom stereocenters. The summed E-state index contributed by atoms with van der Waals surface area (Å²) < 4.78 is 50.7. The van der Waals surface area contributed by atoms with Gasteiger partial charge in [0, 0.05) is 33.3 Å². The number of para-hydroxylation sites is 2. The zero-order chi connectivity index (χ0) is 34.2. The number of hydrogen-bond donors (Lipinski definition) is 1. The second kappa shape index (κ2) is 15.5. The molecule has 0 spiro atoms. The van der Waals surface area contributed by atoms with Crippen LogP contribution >= 0.6 is 0 Å². The van der Waals surface area contributed by atoms with Crippen molar-refractivity contribution < 1.29 is 66.6 Å². The molecule has 2 aromatic rings. The molecule has 0 bridgehead atoms. The van der Waals surface area contributed by atoms with Crippen molar-refractivity contribution in [1.82, 2.24) is 5.32 Å². The van der Waals surface area contributed by atoms with Crippen molar-refractivity contribution in [3.8, 4) is 23.0 Å². The lowest BCUT2D eigenvalue weighted by molar-refractivity contribution is -0.288. The summed E-state index contributed by atoms with van der Waals surface area (Å²) in [5, 5.41) is 2.90. The molecule has 1 fully saturated rings. The highest BCUT2D eigenvalue weighted by Crippen LogP contribution is 2.35. The number of rotatable bonds is 11. The van der Waals surface area contributed by atoms with Crippen molar-refractivity contribution in [1.29, 1.82) is 0 Å². The molecule has 0 aromatic heterocycles. The molecule has 2 aromatic carbocycles. The summed E-state index contributed by atoms with van der Waals surface area (Å²) in [4.78, 5) is 61.0. The highest BCUT2D eigenvalue weighted by molar-refractivity contribution is 5.95. The molecule has 7 atom stereocenters. The molecule has 1 N–H and O–H groups in total. The Bertz CT molecular complexity index is 1480. The third kappa shape index (κ3) is 9.03. The van der Waals surface area contributed by atoms with E-state index in [2.05, 4.69) is 5.32 Å². The maximum atomic E-state index is 13.2. The van der Waals surface area contributed by atoms with Crippen molar-refractivity contribution >= 4 is 29.8 Å². The summed E-state index contributed by atoms with van der Waals surface area (Å²) >= 11 is 0. The van der Waals surface area contributed by atoms with Crippen molar-refractivity contribution in [2.75, 3.05) is 20.3 Å². The van der Waals surface area contributed by atoms with Crippen LogP contribution in [0.2, 0.25) is 0 Å². The van der Waals surface area contributed by atoms with E-state index in [4.69, 9.17) is 42.6 Å². The summed E-state index contributed by atoms with van der Waals surface area (Å²) in [6, 6.07) is 11.1. The molecule has 15 nitrogen and oxygen atoms in total. The number of carbonyl (C=O) groups is 5. The fourth-order valence-corrected chi connectivity index (χ4v) is 4.98. The Labute approximate surface area is 270 Å². The summed E-state index contributed by atoms with van der Waals surface area (Å²) in [5.74, 6) is -2.06. The van der Waals surface area contributed by atoms with Gasteiger partial charge in [-0.05, 0) is 37.3 Å². The number of esters is 4. The van der Waals surface area contributed by atoms with Gasteiger partial charge in [-0.3, -0.25) is 24.0 Å². The fraction of sp³-hybridized carbons (Fsp3) is 0.469. The molecule has 1 saturated heterocycles. The van der Waals surface area contributed by atoms with E-state index >= 15 is 0 Å². The third-order valence-corrected chi connectivity index (χ3v) is 7.06. The number of methoxy groups -OCH3 is 1. The Morgan fingerprint density at radius 2 is 1.47 bits per heavy atom. The average molecular weight is 660 g/mol. The van der Waals surface area contributed by atoms with Crippen LogP contribution in [0.4, 0.5) is 0 Å². The Hall–Kier alpha value is -5.05. The first kappa shape index (κ1) is 34.8. The summed E-state index contributed by atoms with van der Waals surface area (Å²) in [6.45, 7) is 6.13.